The van der Waals surface area contributed by atoms with Gasteiger partial charge in [0.05, 0.1) is 10.5 Å². The van der Waals surface area contributed by atoms with Crippen LogP contribution in [-0.2, 0) is 0 Å². The first-order valence-electron chi connectivity index (χ1n) is 5.42. The first-order valence-corrected chi connectivity index (χ1v) is 5.79. The van der Waals surface area contributed by atoms with E-state index in [1.54, 1.807) is 18.3 Å². The number of nitrogens with zero attached hydrogens (tertiary/aromatic N) is 2. The highest BCUT2D eigenvalue weighted by Gasteiger charge is 2.12. The number of hydrogen-bond acceptors (Lipinski definition) is 2. The highest BCUT2D eigenvalue weighted by molar-refractivity contribution is 6.33. The Bertz CT molecular complexity index is 736. The molecule has 0 aliphatic heterocycles. The summed E-state index contributed by atoms with van der Waals surface area (Å²) in [5.74, 6) is 0.0614. The van der Waals surface area contributed by atoms with Gasteiger partial charge in [-0.15, -0.1) is 0 Å². The molecule has 3 aromatic rings. The molecule has 0 spiro atoms. The van der Waals surface area contributed by atoms with E-state index in [0.717, 1.165) is 11.1 Å². The minimum absolute atomic E-state index is 0.0632. The van der Waals surface area contributed by atoms with Crippen LogP contribution in [0.2, 0.25) is 5.02 Å². The predicted molar refractivity (Wildman–Crippen MR) is 69.0 cm³/mol. The van der Waals surface area contributed by atoms with Crippen molar-refractivity contribution >= 4 is 22.8 Å². The van der Waals surface area contributed by atoms with Crippen LogP contribution >= 0.6 is 11.6 Å². The Morgan fingerprint density at radius 2 is 2.17 bits per heavy atom. The van der Waals surface area contributed by atoms with E-state index in [2.05, 4.69) is 15.0 Å². The van der Waals surface area contributed by atoms with Gasteiger partial charge in [-0.05, 0) is 30.7 Å². The number of aromatic amines is 1. The lowest BCUT2D eigenvalue weighted by Crippen LogP contribution is -1.85. The lowest BCUT2D eigenvalue weighted by Gasteiger charge is -2.00. The Morgan fingerprint density at radius 3 is 3.00 bits per heavy atom. The third kappa shape index (κ3) is 1.75. The zero-order valence-electron chi connectivity index (χ0n) is 9.54. The molecule has 0 saturated heterocycles. The van der Waals surface area contributed by atoms with Crippen LogP contribution in [0.15, 0.2) is 30.5 Å². The predicted octanol–water partition coefficient (Wildman–Crippen LogP) is 3.73. The van der Waals surface area contributed by atoms with Crippen LogP contribution in [0.5, 0.6) is 0 Å². The molecule has 0 unspecified atom stereocenters. The van der Waals surface area contributed by atoms with Gasteiger partial charge in [-0.25, -0.2) is 14.4 Å². The van der Waals surface area contributed by atoms with Crippen molar-refractivity contribution in [2.75, 3.05) is 0 Å². The van der Waals surface area contributed by atoms with Gasteiger partial charge < -0.3 is 4.98 Å². The molecule has 0 bridgehead atoms. The SMILES string of the molecule is Cc1cnc2nc(-c3cccc(F)c3Cl)[nH]c2c1. The van der Waals surface area contributed by atoms with E-state index < -0.39 is 5.82 Å². The minimum atomic E-state index is -0.459. The second kappa shape index (κ2) is 4.07. The molecular weight excluding hydrogens is 253 g/mol. The molecule has 0 radical (unpaired) electrons. The molecule has 0 aliphatic rings. The summed E-state index contributed by atoms with van der Waals surface area (Å²) in [4.78, 5) is 11.6. The number of imidazole rings is 1. The first-order chi connectivity index (χ1) is 8.65. The third-order valence-corrected chi connectivity index (χ3v) is 3.07. The number of pyridine rings is 1. The number of benzene rings is 1. The lowest BCUT2D eigenvalue weighted by molar-refractivity contribution is 0.628. The monoisotopic (exact) mass is 261 g/mol. The van der Waals surface area contributed by atoms with Gasteiger partial charge in [-0.1, -0.05) is 17.7 Å². The number of aryl methyl sites for hydroxylation is 1. The van der Waals surface area contributed by atoms with Crippen LogP contribution in [0.25, 0.3) is 22.6 Å². The summed E-state index contributed by atoms with van der Waals surface area (Å²) < 4.78 is 13.4. The van der Waals surface area contributed by atoms with Gasteiger partial charge in [-0.3, -0.25) is 0 Å². The van der Waals surface area contributed by atoms with Crippen molar-refractivity contribution in [3.8, 4) is 11.4 Å². The van der Waals surface area contributed by atoms with E-state index in [4.69, 9.17) is 11.6 Å². The number of halogens is 2. The summed E-state index contributed by atoms with van der Waals surface area (Å²) in [6.07, 6.45) is 1.74. The average Bonchev–Trinajstić information content (AvgIpc) is 2.75. The number of aromatic nitrogens is 3. The molecule has 5 heteroatoms. The Balaban J connectivity index is 2.22. The van der Waals surface area contributed by atoms with Crippen LogP contribution in [-0.4, -0.2) is 15.0 Å². The topological polar surface area (TPSA) is 41.6 Å². The molecule has 2 aromatic heterocycles. The summed E-state index contributed by atoms with van der Waals surface area (Å²) >= 11 is 5.93. The molecule has 0 atom stereocenters. The molecule has 90 valence electrons. The summed E-state index contributed by atoms with van der Waals surface area (Å²) in [5, 5.41) is 0.0632. The van der Waals surface area contributed by atoms with E-state index >= 15 is 0 Å². The van der Waals surface area contributed by atoms with Crippen molar-refractivity contribution in [3.63, 3.8) is 0 Å². The maximum Gasteiger partial charge on any atom is 0.178 e. The second-order valence-corrected chi connectivity index (χ2v) is 4.45. The first kappa shape index (κ1) is 11.2. The molecule has 2 heterocycles. The quantitative estimate of drug-likeness (QED) is 0.725. The fraction of sp³-hybridized carbons (Fsp3) is 0.0769. The molecule has 0 amide bonds. The van der Waals surface area contributed by atoms with Crippen molar-refractivity contribution in [1.82, 2.24) is 15.0 Å². The van der Waals surface area contributed by atoms with Crippen LogP contribution in [0, 0.1) is 12.7 Å². The maximum absolute atomic E-state index is 13.4. The summed E-state index contributed by atoms with van der Waals surface area (Å²) in [5.41, 5.74) is 2.97. The average molecular weight is 262 g/mol. The third-order valence-electron chi connectivity index (χ3n) is 2.68. The van der Waals surface area contributed by atoms with Crippen molar-refractivity contribution in [2.24, 2.45) is 0 Å². The lowest BCUT2D eigenvalue weighted by atomic mass is 10.2. The molecule has 3 rings (SSSR count). The van der Waals surface area contributed by atoms with Gasteiger partial charge in [-0.2, -0.15) is 0 Å². The molecule has 18 heavy (non-hydrogen) atoms. The normalized spacial score (nSPS) is 11.1. The fourth-order valence-electron chi connectivity index (χ4n) is 1.82. The van der Waals surface area contributed by atoms with Crippen molar-refractivity contribution < 1.29 is 4.39 Å². The standard InChI is InChI=1S/C13H9ClFN3/c1-7-5-10-13(16-6-7)18-12(17-10)8-3-2-4-9(15)11(8)14/h2-6H,1H3,(H,16,17,18). The summed E-state index contributed by atoms with van der Waals surface area (Å²) in [6.45, 7) is 1.95. The molecule has 3 nitrogen and oxygen atoms in total. The van der Waals surface area contributed by atoms with E-state index in [-0.39, 0.29) is 5.02 Å². The Kier molecular flexibility index (Phi) is 2.52. The van der Waals surface area contributed by atoms with Gasteiger partial charge >= 0.3 is 0 Å². The van der Waals surface area contributed by atoms with Crippen molar-refractivity contribution in [2.45, 2.75) is 6.92 Å². The number of H-pyrrole nitrogens is 1. The van der Waals surface area contributed by atoms with Crippen LogP contribution in [0.4, 0.5) is 4.39 Å². The minimum Gasteiger partial charge on any atom is -0.337 e. The van der Waals surface area contributed by atoms with Crippen LogP contribution in [0.3, 0.4) is 0 Å². The van der Waals surface area contributed by atoms with E-state index in [0.29, 0.717) is 17.0 Å². The van der Waals surface area contributed by atoms with Crippen molar-refractivity contribution in [1.29, 1.82) is 0 Å². The molecule has 0 aliphatic carbocycles. The number of nitrogens with one attached hydrogen (secondary N) is 1. The van der Waals surface area contributed by atoms with Crippen LogP contribution < -0.4 is 0 Å². The molecular formula is C13H9ClFN3. The maximum atomic E-state index is 13.4. The number of fused-ring (bicyclic) bond motifs is 1. The summed E-state index contributed by atoms with van der Waals surface area (Å²) in [6, 6.07) is 6.57. The van der Waals surface area contributed by atoms with Gasteiger partial charge in [0.15, 0.2) is 5.65 Å². The fourth-order valence-corrected chi connectivity index (χ4v) is 2.03. The van der Waals surface area contributed by atoms with Gasteiger partial charge in [0.2, 0.25) is 0 Å². The smallest absolute Gasteiger partial charge is 0.178 e. The van der Waals surface area contributed by atoms with Gasteiger partial charge in [0, 0.05) is 11.8 Å². The Labute approximate surface area is 108 Å². The Morgan fingerprint density at radius 1 is 1.33 bits per heavy atom. The van der Waals surface area contributed by atoms with E-state index in [9.17, 15) is 4.39 Å². The molecule has 0 saturated carbocycles. The Hall–Kier alpha value is -1.94. The highest BCUT2D eigenvalue weighted by Crippen LogP contribution is 2.29. The van der Waals surface area contributed by atoms with E-state index in [1.807, 2.05) is 13.0 Å². The number of hydrogen-bond donors (Lipinski definition) is 1. The molecule has 1 aromatic carbocycles. The zero-order valence-corrected chi connectivity index (χ0v) is 10.3. The zero-order chi connectivity index (χ0) is 12.7. The van der Waals surface area contributed by atoms with Gasteiger partial charge in [0.25, 0.3) is 0 Å². The number of rotatable bonds is 1. The van der Waals surface area contributed by atoms with Gasteiger partial charge in [0.1, 0.15) is 11.6 Å². The summed E-state index contributed by atoms with van der Waals surface area (Å²) in [7, 11) is 0. The largest absolute Gasteiger partial charge is 0.337 e. The van der Waals surface area contributed by atoms with Crippen LogP contribution in [0.1, 0.15) is 5.56 Å². The molecule has 0 fully saturated rings. The highest BCUT2D eigenvalue weighted by atomic mass is 35.5. The van der Waals surface area contributed by atoms with E-state index in [1.165, 1.54) is 6.07 Å². The molecule has 1 N–H and O–H groups in total. The van der Waals surface area contributed by atoms with Crippen molar-refractivity contribution in [3.05, 3.63) is 46.9 Å². The second-order valence-electron chi connectivity index (χ2n) is 4.07.